The summed E-state index contributed by atoms with van der Waals surface area (Å²) < 4.78 is 38.0. The molecule has 0 saturated carbocycles. The first-order valence-electron chi connectivity index (χ1n) is 5.24. The zero-order chi connectivity index (χ0) is 13.3. The van der Waals surface area contributed by atoms with Crippen LogP contribution in [0.4, 0.5) is 18.9 Å². The van der Waals surface area contributed by atoms with E-state index in [1.807, 2.05) is 12.1 Å². The molecule has 1 aliphatic heterocycles. The number of alkyl halides is 3. The molecule has 0 bridgehead atoms. The number of hydrogen-bond acceptors (Lipinski definition) is 3. The number of benzene rings is 1. The summed E-state index contributed by atoms with van der Waals surface area (Å²) in [7, 11) is 1.69. The first-order chi connectivity index (χ1) is 8.43. The van der Waals surface area contributed by atoms with Crippen LogP contribution in [-0.2, 0) is 0 Å². The van der Waals surface area contributed by atoms with Gasteiger partial charge in [-0.15, -0.1) is 0 Å². The topological polar surface area (TPSA) is 35.8 Å². The van der Waals surface area contributed by atoms with E-state index in [0.717, 1.165) is 5.69 Å². The van der Waals surface area contributed by atoms with Crippen LogP contribution in [0.3, 0.4) is 0 Å². The van der Waals surface area contributed by atoms with Crippen LogP contribution in [0, 0.1) is 0 Å². The van der Waals surface area contributed by atoms with E-state index in [-0.39, 0.29) is 12.1 Å². The molecule has 18 heavy (non-hydrogen) atoms. The molecular weight excluding hydrogens is 245 g/mol. The van der Waals surface area contributed by atoms with Gasteiger partial charge in [-0.05, 0) is 17.7 Å². The van der Waals surface area contributed by atoms with Crippen molar-refractivity contribution in [1.29, 1.82) is 0 Å². The SMILES string of the molecule is CN1CC(/C(=N\O)C(F)(F)F)=Cc2ccccc21. The highest BCUT2D eigenvalue weighted by Crippen LogP contribution is 2.31. The minimum absolute atomic E-state index is 0.0498. The summed E-state index contributed by atoms with van der Waals surface area (Å²) in [4.78, 5) is 1.68. The number of nitrogens with zero attached hydrogens (tertiary/aromatic N) is 2. The van der Waals surface area contributed by atoms with E-state index in [1.54, 1.807) is 24.1 Å². The molecule has 0 fully saturated rings. The first-order valence-corrected chi connectivity index (χ1v) is 5.24. The largest absolute Gasteiger partial charge is 0.436 e. The number of fused-ring (bicyclic) bond motifs is 1. The van der Waals surface area contributed by atoms with Gasteiger partial charge < -0.3 is 10.1 Å². The van der Waals surface area contributed by atoms with Crippen molar-refractivity contribution in [2.45, 2.75) is 6.18 Å². The van der Waals surface area contributed by atoms with E-state index in [4.69, 9.17) is 5.21 Å². The first kappa shape index (κ1) is 12.5. The van der Waals surface area contributed by atoms with E-state index in [9.17, 15) is 13.2 Å². The Labute approximate surface area is 102 Å². The van der Waals surface area contributed by atoms with Gasteiger partial charge >= 0.3 is 6.18 Å². The molecule has 2 rings (SSSR count). The molecule has 1 heterocycles. The van der Waals surface area contributed by atoms with Crippen LogP contribution in [-0.4, -0.2) is 30.7 Å². The zero-order valence-corrected chi connectivity index (χ0v) is 9.57. The summed E-state index contributed by atoms with van der Waals surface area (Å²) in [5.41, 5.74) is 0.224. The predicted molar refractivity (Wildman–Crippen MR) is 63.0 cm³/mol. The third kappa shape index (κ3) is 2.18. The van der Waals surface area contributed by atoms with Gasteiger partial charge in [-0.2, -0.15) is 13.2 Å². The minimum Gasteiger partial charge on any atom is -0.410 e. The van der Waals surface area contributed by atoms with Gasteiger partial charge in [0, 0.05) is 24.9 Å². The number of hydrogen-bond donors (Lipinski definition) is 1. The van der Waals surface area contributed by atoms with E-state index in [2.05, 4.69) is 5.16 Å². The molecule has 0 radical (unpaired) electrons. The third-order valence-electron chi connectivity index (χ3n) is 2.76. The molecule has 0 amide bonds. The molecule has 0 unspecified atom stereocenters. The molecule has 0 atom stereocenters. The molecule has 1 aromatic carbocycles. The van der Waals surface area contributed by atoms with E-state index < -0.39 is 11.9 Å². The van der Waals surface area contributed by atoms with Crippen LogP contribution >= 0.6 is 0 Å². The highest BCUT2D eigenvalue weighted by atomic mass is 19.4. The van der Waals surface area contributed by atoms with Crippen molar-refractivity contribution in [3.05, 3.63) is 35.4 Å². The molecule has 1 N–H and O–H groups in total. The van der Waals surface area contributed by atoms with Crippen LogP contribution in [0.25, 0.3) is 6.08 Å². The summed E-state index contributed by atoms with van der Waals surface area (Å²) in [6.07, 6.45) is -3.26. The van der Waals surface area contributed by atoms with Crippen molar-refractivity contribution in [3.8, 4) is 0 Å². The Morgan fingerprint density at radius 1 is 1.33 bits per heavy atom. The molecular formula is C12H11F3N2O. The van der Waals surface area contributed by atoms with Crippen molar-refractivity contribution in [2.24, 2.45) is 5.16 Å². The fraction of sp³-hybridized carbons (Fsp3) is 0.250. The van der Waals surface area contributed by atoms with Gasteiger partial charge in [-0.3, -0.25) is 0 Å². The molecule has 6 heteroatoms. The smallest absolute Gasteiger partial charge is 0.410 e. The van der Waals surface area contributed by atoms with Crippen molar-refractivity contribution in [1.82, 2.24) is 0 Å². The fourth-order valence-electron chi connectivity index (χ4n) is 1.98. The average Bonchev–Trinajstić information content (AvgIpc) is 2.28. The molecule has 0 spiro atoms. The molecule has 1 aromatic rings. The number of rotatable bonds is 1. The summed E-state index contributed by atoms with van der Waals surface area (Å²) in [5, 5.41) is 10.9. The van der Waals surface area contributed by atoms with Crippen molar-refractivity contribution in [2.75, 3.05) is 18.5 Å². The Hall–Kier alpha value is -1.98. The summed E-state index contributed by atoms with van der Waals surface area (Å²) in [5.74, 6) is 0. The van der Waals surface area contributed by atoms with Gasteiger partial charge in [-0.25, -0.2) is 0 Å². The quantitative estimate of drug-likeness (QED) is 0.476. The molecule has 0 aliphatic carbocycles. The maximum atomic E-state index is 12.7. The molecule has 0 saturated heterocycles. The van der Waals surface area contributed by atoms with Crippen LogP contribution in [0.1, 0.15) is 5.56 Å². The predicted octanol–water partition coefficient (Wildman–Crippen LogP) is 2.91. The molecule has 1 aliphatic rings. The lowest BCUT2D eigenvalue weighted by molar-refractivity contribution is -0.0603. The second-order valence-electron chi connectivity index (χ2n) is 4.03. The lowest BCUT2D eigenvalue weighted by atomic mass is 9.99. The van der Waals surface area contributed by atoms with Crippen LogP contribution in [0.2, 0.25) is 0 Å². The second-order valence-corrected chi connectivity index (χ2v) is 4.03. The lowest BCUT2D eigenvalue weighted by Crippen LogP contribution is -2.33. The summed E-state index contributed by atoms with van der Waals surface area (Å²) in [6.45, 7) is 0.0515. The maximum Gasteiger partial charge on any atom is 0.436 e. The van der Waals surface area contributed by atoms with E-state index in [1.165, 1.54) is 6.08 Å². The normalized spacial score (nSPS) is 16.3. The van der Waals surface area contributed by atoms with E-state index in [0.29, 0.717) is 5.56 Å². The highest BCUT2D eigenvalue weighted by Gasteiger charge is 2.40. The Kier molecular flexibility index (Phi) is 3.02. The van der Waals surface area contributed by atoms with E-state index >= 15 is 0 Å². The number of oxime groups is 1. The molecule has 0 aromatic heterocycles. The third-order valence-corrected chi connectivity index (χ3v) is 2.76. The lowest BCUT2D eigenvalue weighted by Gasteiger charge is -2.28. The minimum atomic E-state index is -4.66. The number of halogens is 3. The Morgan fingerprint density at radius 2 is 2.00 bits per heavy atom. The zero-order valence-electron chi connectivity index (χ0n) is 9.57. The van der Waals surface area contributed by atoms with Crippen molar-refractivity contribution in [3.63, 3.8) is 0 Å². The van der Waals surface area contributed by atoms with Gasteiger partial charge in [0.05, 0.1) is 0 Å². The van der Waals surface area contributed by atoms with Crippen molar-refractivity contribution >= 4 is 17.5 Å². The Bertz CT molecular complexity index is 520. The van der Waals surface area contributed by atoms with Gasteiger partial charge in [0.2, 0.25) is 0 Å². The number of para-hydroxylation sites is 1. The van der Waals surface area contributed by atoms with Crippen LogP contribution in [0.5, 0.6) is 0 Å². The Morgan fingerprint density at radius 3 is 2.61 bits per heavy atom. The van der Waals surface area contributed by atoms with Gasteiger partial charge in [0.15, 0.2) is 5.71 Å². The fourth-order valence-corrected chi connectivity index (χ4v) is 1.98. The summed E-state index contributed by atoms with van der Waals surface area (Å²) >= 11 is 0. The average molecular weight is 256 g/mol. The number of anilines is 1. The second kappa shape index (κ2) is 4.36. The van der Waals surface area contributed by atoms with Crippen LogP contribution in [0.15, 0.2) is 35.0 Å². The van der Waals surface area contributed by atoms with Gasteiger partial charge in [-0.1, -0.05) is 23.4 Å². The molecule has 3 nitrogen and oxygen atoms in total. The summed E-state index contributed by atoms with van der Waals surface area (Å²) in [6, 6.07) is 7.11. The van der Waals surface area contributed by atoms with Gasteiger partial charge in [0.1, 0.15) is 0 Å². The molecule has 96 valence electrons. The highest BCUT2D eigenvalue weighted by molar-refractivity contribution is 6.09. The van der Waals surface area contributed by atoms with Crippen LogP contribution < -0.4 is 4.90 Å². The standard InChI is InChI=1S/C12H11F3N2O/c1-17-7-9(11(16-18)12(13,14)15)6-8-4-2-3-5-10(8)17/h2-6,18H,7H2,1H3/b16-11+. The number of likely N-dealkylation sites (N-methyl/N-ethyl adjacent to an activating group) is 1. The van der Waals surface area contributed by atoms with Gasteiger partial charge in [0.25, 0.3) is 0 Å². The monoisotopic (exact) mass is 256 g/mol. The maximum absolute atomic E-state index is 12.7. The Balaban J connectivity index is 2.47. The van der Waals surface area contributed by atoms with Crippen molar-refractivity contribution < 1.29 is 18.4 Å².